The van der Waals surface area contributed by atoms with Gasteiger partial charge >= 0.3 is 5.97 Å². The average molecular weight is 399 g/mol. The number of ether oxygens (including phenoxy) is 3. The van der Waals surface area contributed by atoms with Crippen molar-refractivity contribution in [3.63, 3.8) is 0 Å². The molecule has 7 heteroatoms. The summed E-state index contributed by atoms with van der Waals surface area (Å²) in [5.41, 5.74) is 0.297. The van der Waals surface area contributed by atoms with Crippen LogP contribution < -0.4 is 9.47 Å². The van der Waals surface area contributed by atoms with Crippen LogP contribution in [-0.4, -0.2) is 32.1 Å². The van der Waals surface area contributed by atoms with Crippen molar-refractivity contribution >= 4 is 39.0 Å². The van der Waals surface area contributed by atoms with Crippen LogP contribution in [0.1, 0.15) is 27.0 Å². The third-order valence-corrected chi connectivity index (χ3v) is 4.55. The normalized spacial score (nSPS) is 10.2. The Morgan fingerprint density at radius 2 is 1.96 bits per heavy atom. The van der Waals surface area contributed by atoms with Gasteiger partial charge in [-0.2, -0.15) is 0 Å². The first-order valence-corrected chi connectivity index (χ1v) is 8.42. The predicted molar refractivity (Wildman–Crippen MR) is 90.8 cm³/mol. The van der Waals surface area contributed by atoms with E-state index in [2.05, 4.69) is 15.9 Å². The summed E-state index contributed by atoms with van der Waals surface area (Å²) in [4.78, 5) is 24.5. The molecular formula is C16H15BrO5S. The largest absolute Gasteiger partial charge is 0.493 e. The molecule has 0 fully saturated rings. The molecule has 0 unspecified atom stereocenters. The summed E-state index contributed by atoms with van der Waals surface area (Å²) >= 11 is 4.58. The number of Topliss-reactive ketones (excluding diaryl/α,β-unsaturated/α-hetero) is 1. The van der Waals surface area contributed by atoms with Gasteiger partial charge in [-0.05, 0) is 53.2 Å². The standard InChI is InChI=1S/C16H15BrO5S/c1-3-21-12-5-4-10(8-13(12)20-2)16(19)22-9-11(18)14-6-7-15(17)23-14/h4-8H,3,9H2,1-2H3. The van der Waals surface area contributed by atoms with E-state index in [0.29, 0.717) is 28.5 Å². The second kappa shape index (κ2) is 8.12. The average Bonchev–Trinajstić information content (AvgIpc) is 2.99. The van der Waals surface area contributed by atoms with Crippen molar-refractivity contribution in [1.29, 1.82) is 0 Å². The second-order valence-electron chi connectivity index (χ2n) is 4.40. The fraction of sp³-hybridized carbons (Fsp3) is 0.250. The van der Waals surface area contributed by atoms with Gasteiger partial charge < -0.3 is 14.2 Å². The maximum absolute atomic E-state index is 12.0. The number of methoxy groups -OCH3 is 1. The van der Waals surface area contributed by atoms with E-state index in [0.717, 1.165) is 3.79 Å². The number of hydrogen-bond acceptors (Lipinski definition) is 6. The molecule has 0 atom stereocenters. The van der Waals surface area contributed by atoms with E-state index in [-0.39, 0.29) is 12.4 Å². The van der Waals surface area contributed by atoms with Gasteiger partial charge in [0.15, 0.2) is 18.1 Å². The summed E-state index contributed by atoms with van der Waals surface area (Å²) in [7, 11) is 1.49. The first-order valence-electron chi connectivity index (χ1n) is 6.81. The Hall–Kier alpha value is -1.86. The molecule has 122 valence electrons. The maximum Gasteiger partial charge on any atom is 0.338 e. The van der Waals surface area contributed by atoms with Crippen molar-refractivity contribution in [2.24, 2.45) is 0 Å². The minimum absolute atomic E-state index is 0.244. The minimum Gasteiger partial charge on any atom is -0.493 e. The Bertz CT molecular complexity index is 710. The van der Waals surface area contributed by atoms with Crippen molar-refractivity contribution in [3.8, 4) is 11.5 Å². The molecule has 0 saturated carbocycles. The Morgan fingerprint density at radius 3 is 2.57 bits per heavy atom. The molecule has 2 rings (SSSR count). The Kier molecular flexibility index (Phi) is 6.18. The van der Waals surface area contributed by atoms with Gasteiger partial charge in [-0.3, -0.25) is 4.79 Å². The maximum atomic E-state index is 12.0. The highest BCUT2D eigenvalue weighted by Gasteiger charge is 2.15. The summed E-state index contributed by atoms with van der Waals surface area (Å²) in [6.45, 7) is 2.04. The summed E-state index contributed by atoms with van der Waals surface area (Å²) in [6.07, 6.45) is 0. The van der Waals surface area contributed by atoms with Crippen LogP contribution in [0.3, 0.4) is 0 Å². The van der Waals surface area contributed by atoms with Crippen LogP contribution in [-0.2, 0) is 4.74 Å². The minimum atomic E-state index is -0.588. The summed E-state index contributed by atoms with van der Waals surface area (Å²) in [6, 6.07) is 8.20. The number of thiophene rings is 1. The lowest BCUT2D eigenvalue weighted by molar-refractivity contribution is 0.0475. The van der Waals surface area contributed by atoms with Crippen molar-refractivity contribution in [2.75, 3.05) is 20.3 Å². The molecule has 0 saturated heterocycles. The number of halogens is 1. The third kappa shape index (κ3) is 4.56. The van der Waals surface area contributed by atoms with Gasteiger partial charge in [-0.15, -0.1) is 11.3 Å². The lowest BCUT2D eigenvalue weighted by Crippen LogP contribution is -2.13. The molecule has 5 nitrogen and oxygen atoms in total. The van der Waals surface area contributed by atoms with Crippen LogP contribution in [0.4, 0.5) is 0 Å². The molecule has 1 aromatic heterocycles. The zero-order chi connectivity index (χ0) is 16.8. The number of ketones is 1. The smallest absolute Gasteiger partial charge is 0.338 e. The molecule has 23 heavy (non-hydrogen) atoms. The van der Waals surface area contributed by atoms with Crippen molar-refractivity contribution in [2.45, 2.75) is 6.92 Å². The summed E-state index contributed by atoms with van der Waals surface area (Å²) in [5.74, 6) is 0.156. The highest BCUT2D eigenvalue weighted by molar-refractivity contribution is 9.11. The molecule has 0 aliphatic heterocycles. The van der Waals surface area contributed by atoms with E-state index < -0.39 is 5.97 Å². The van der Waals surface area contributed by atoms with Crippen molar-refractivity contribution in [3.05, 3.63) is 44.6 Å². The van der Waals surface area contributed by atoms with Crippen molar-refractivity contribution < 1.29 is 23.8 Å². The van der Waals surface area contributed by atoms with Crippen LogP contribution in [0.2, 0.25) is 0 Å². The van der Waals surface area contributed by atoms with E-state index in [1.165, 1.54) is 24.5 Å². The summed E-state index contributed by atoms with van der Waals surface area (Å²) < 4.78 is 16.5. The van der Waals surface area contributed by atoms with Crippen LogP contribution in [0.5, 0.6) is 11.5 Å². The molecule has 0 bridgehead atoms. The first-order chi connectivity index (χ1) is 11.0. The number of hydrogen-bond donors (Lipinski definition) is 0. The van der Waals surface area contributed by atoms with Crippen LogP contribution >= 0.6 is 27.3 Å². The van der Waals surface area contributed by atoms with E-state index in [4.69, 9.17) is 14.2 Å². The zero-order valence-electron chi connectivity index (χ0n) is 12.6. The molecule has 2 aromatic rings. The molecule has 0 amide bonds. The quantitative estimate of drug-likeness (QED) is 0.521. The van der Waals surface area contributed by atoms with Gasteiger partial charge in [0.2, 0.25) is 5.78 Å². The van der Waals surface area contributed by atoms with Gasteiger partial charge in [-0.25, -0.2) is 4.79 Å². The van der Waals surface area contributed by atoms with Gasteiger partial charge in [-0.1, -0.05) is 0 Å². The van der Waals surface area contributed by atoms with E-state index in [1.54, 1.807) is 24.3 Å². The van der Waals surface area contributed by atoms with Gasteiger partial charge in [0.25, 0.3) is 0 Å². The molecule has 0 aliphatic carbocycles. The van der Waals surface area contributed by atoms with Crippen LogP contribution in [0.15, 0.2) is 34.1 Å². The topological polar surface area (TPSA) is 61.8 Å². The number of carbonyl (C=O) groups excluding carboxylic acids is 2. The third-order valence-electron chi connectivity index (χ3n) is 2.88. The second-order valence-corrected chi connectivity index (χ2v) is 6.86. The van der Waals surface area contributed by atoms with Crippen LogP contribution in [0.25, 0.3) is 0 Å². The number of carbonyl (C=O) groups is 2. The molecule has 1 aromatic carbocycles. The molecule has 0 spiro atoms. The predicted octanol–water partition coefficient (Wildman–Crippen LogP) is 3.96. The summed E-state index contributed by atoms with van der Waals surface area (Å²) in [5, 5.41) is 0. The van der Waals surface area contributed by atoms with Gasteiger partial charge in [0.05, 0.1) is 27.9 Å². The van der Waals surface area contributed by atoms with Gasteiger partial charge in [0.1, 0.15) is 0 Å². The van der Waals surface area contributed by atoms with E-state index in [9.17, 15) is 9.59 Å². The SMILES string of the molecule is CCOc1ccc(C(=O)OCC(=O)c2ccc(Br)s2)cc1OC. The molecule has 0 radical (unpaired) electrons. The van der Waals surface area contributed by atoms with E-state index in [1.807, 2.05) is 6.92 Å². The lowest BCUT2D eigenvalue weighted by Gasteiger charge is -2.10. The molecular weight excluding hydrogens is 384 g/mol. The Balaban J connectivity index is 2.01. The first kappa shape index (κ1) is 17.5. The number of esters is 1. The van der Waals surface area contributed by atoms with Crippen molar-refractivity contribution in [1.82, 2.24) is 0 Å². The highest BCUT2D eigenvalue weighted by atomic mass is 79.9. The lowest BCUT2D eigenvalue weighted by atomic mass is 10.2. The molecule has 1 heterocycles. The zero-order valence-corrected chi connectivity index (χ0v) is 15.0. The monoisotopic (exact) mass is 398 g/mol. The van der Waals surface area contributed by atoms with Crippen LogP contribution in [0, 0.1) is 0 Å². The Morgan fingerprint density at radius 1 is 1.17 bits per heavy atom. The fourth-order valence-corrected chi connectivity index (χ4v) is 3.13. The highest BCUT2D eigenvalue weighted by Crippen LogP contribution is 2.28. The van der Waals surface area contributed by atoms with E-state index >= 15 is 0 Å². The Labute approximate surface area is 146 Å². The number of benzene rings is 1. The molecule has 0 N–H and O–H groups in total. The number of rotatable bonds is 7. The molecule has 0 aliphatic rings. The fourth-order valence-electron chi connectivity index (χ4n) is 1.82. The van der Waals surface area contributed by atoms with Gasteiger partial charge in [0, 0.05) is 0 Å².